The van der Waals surface area contributed by atoms with E-state index in [-0.39, 0.29) is 18.3 Å². The van der Waals surface area contributed by atoms with Gasteiger partial charge in [0.25, 0.3) is 11.6 Å². The van der Waals surface area contributed by atoms with Gasteiger partial charge in [0.2, 0.25) is 0 Å². The number of hydrogen-bond donors (Lipinski definition) is 1. The fraction of sp³-hybridized carbons (Fsp3) is 0.476. The summed E-state index contributed by atoms with van der Waals surface area (Å²) in [5, 5.41) is 8.47. The lowest BCUT2D eigenvalue weighted by Crippen LogP contribution is -2.39. The van der Waals surface area contributed by atoms with Crippen LogP contribution in [0, 0.1) is 20.8 Å². The van der Waals surface area contributed by atoms with Crippen molar-refractivity contribution in [2.45, 2.75) is 52.1 Å². The standard InChI is InChI=1S/C21H24N4O2S.ClH/c1-11-8-16(13(3)28-11)18-9-17(19-12(2)24-27-20(19)23-18)21(26)25-7-6-14-4-5-15(10-25)22-14;/h8-9,14-15,22H,4-7,10H2,1-3H3;1H. The summed E-state index contributed by atoms with van der Waals surface area (Å²) in [5.74, 6) is 0.0545. The number of likely N-dealkylation sites (tertiary alicyclic amines) is 1. The fourth-order valence-electron chi connectivity index (χ4n) is 4.58. The van der Waals surface area contributed by atoms with Crippen molar-refractivity contribution in [2.24, 2.45) is 0 Å². The van der Waals surface area contributed by atoms with Crippen LogP contribution in [0.1, 0.15) is 45.1 Å². The van der Waals surface area contributed by atoms with Crippen LogP contribution in [0.25, 0.3) is 22.4 Å². The molecule has 29 heavy (non-hydrogen) atoms. The number of fused-ring (bicyclic) bond motifs is 3. The Balaban J connectivity index is 0.00000205. The van der Waals surface area contributed by atoms with Crippen molar-refractivity contribution < 1.29 is 9.32 Å². The van der Waals surface area contributed by atoms with E-state index in [4.69, 9.17) is 4.52 Å². The van der Waals surface area contributed by atoms with E-state index >= 15 is 0 Å². The second-order valence-electron chi connectivity index (χ2n) is 8.01. The smallest absolute Gasteiger partial charge is 0.259 e. The van der Waals surface area contributed by atoms with Gasteiger partial charge in [-0.2, -0.15) is 0 Å². The quantitative estimate of drug-likeness (QED) is 0.654. The molecule has 2 fully saturated rings. The maximum Gasteiger partial charge on any atom is 0.259 e. The molecule has 1 amide bonds. The Bertz CT molecular complexity index is 1080. The van der Waals surface area contributed by atoms with Gasteiger partial charge in [0.05, 0.1) is 22.3 Å². The van der Waals surface area contributed by atoms with Crippen LogP contribution in [0.4, 0.5) is 0 Å². The van der Waals surface area contributed by atoms with Gasteiger partial charge < -0.3 is 14.7 Å². The number of halogens is 1. The van der Waals surface area contributed by atoms with Crippen molar-refractivity contribution >= 4 is 40.8 Å². The molecule has 2 saturated heterocycles. The van der Waals surface area contributed by atoms with Crippen molar-refractivity contribution in [1.29, 1.82) is 0 Å². The molecule has 5 rings (SSSR count). The second-order valence-corrected chi connectivity index (χ2v) is 9.47. The first-order valence-electron chi connectivity index (χ1n) is 9.89. The molecule has 2 unspecified atom stereocenters. The van der Waals surface area contributed by atoms with Crippen LogP contribution >= 0.6 is 23.7 Å². The summed E-state index contributed by atoms with van der Waals surface area (Å²) >= 11 is 1.74. The molecular formula is C21H25ClN4O2S. The normalized spacial score (nSPS) is 21.3. The molecule has 154 valence electrons. The first-order valence-corrected chi connectivity index (χ1v) is 10.7. The van der Waals surface area contributed by atoms with Crippen LogP contribution in [0.2, 0.25) is 0 Å². The summed E-state index contributed by atoms with van der Waals surface area (Å²) in [6, 6.07) is 5.00. The maximum atomic E-state index is 13.6. The Morgan fingerprint density at radius 2 is 2.00 bits per heavy atom. The molecule has 2 aliphatic rings. The molecule has 3 aromatic heterocycles. The lowest BCUT2D eigenvalue weighted by molar-refractivity contribution is 0.0750. The predicted molar refractivity (Wildman–Crippen MR) is 117 cm³/mol. The Hall–Kier alpha value is -1.96. The Morgan fingerprint density at radius 1 is 1.21 bits per heavy atom. The van der Waals surface area contributed by atoms with Crippen molar-refractivity contribution in [3.63, 3.8) is 0 Å². The van der Waals surface area contributed by atoms with Crippen molar-refractivity contribution in [2.75, 3.05) is 13.1 Å². The maximum absolute atomic E-state index is 13.6. The number of nitrogens with zero attached hydrogens (tertiary/aromatic N) is 3. The highest BCUT2D eigenvalue weighted by atomic mass is 35.5. The van der Waals surface area contributed by atoms with E-state index < -0.39 is 0 Å². The van der Waals surface area contributed by atoms with E-state index in [1.54, 1.807) is 11.3 Å². The molecule has 0 aliphatic carbocycles. The molecule has 2 aliphatic heterocycles. The predicted octanol–water partition coefficient (Wildman–Crippen LogP) is 4.26. The lowest BCUT2D eigenvalue weighted by atomic mass is 10.0. The molecule has 0 saturated carbocycles. The molecule has 5 heterocycles. The molecule has 8 heteroatoms. The number of pyridine rings is 1. The van der Waals surface area contributed by atoms with Crippen molar-refractivity contribution in [3.05, 3.63) is 33.1 Å². The molecule has 0 radical (unpaired) electrons. The van der Waals surface area contributed by atoms with E-state index in [1.165, 1.54) is 16.2 Å². The number of carbonyl (C=O) groups is 1. The summed E-state index contributed by atoms with van der Waals surface area (Å²) in [6.07, 6.45) is 3.37. The summed E-state index contributed by atoms with van der Waals surface area (Å²) in [7, 11) is 0. The minimum absolute atomic E-state index is 0. The molecule has 1 N–H and O–H groups in total. The van der Waals surface area contributed by atoms with E-state index in [1.807, 2.05) is 17.9 Å². The average molecular weight is 433 g/mol. The number of amides is 1. The lowest BCUT2D eigenvalue weighted by Gasteiger charge is -2.24. The van der Waals surface area contributed by atoms with Crippen LogP contribution in [0.5, 0.6) is 0 Å². The number of carbonyl (C=O) groups excluding carboxylic acids is 1. The van der Waals surface area contributed by atoms with Crippen LogP contribution in [0.15, 0.2) is 16.7 Å². The zero-order chi connectivity index (χ0) is 19.4. The van der Waals surface area contributed by atoms with Crippen LogP contribution in [0.3, 0.4) is 0 Å². The number of aromatic nitrogens is 2. The average Bonchev–Trinajstić information content (AvgIpc) is 3.31. The SMILES string of the molecule is Cc1cc(-c2cc(C(=O)N3CCC4CCC(C3)N4)c3c(C)noc3n2)c(C)s1.Cl. The molecule has 2 atom stereocenters. The monoisotopic (exact) mass is 432 g/mol. The molecule has 0 aromatic carbocycles. The van der Waals surface area contributed by atoms with Crippen molar-refractivity contribution in [3.8, 4) is 11.3 Å². The Labute approximate surface area is 180 Å². The third-order valence-corrected chi connectivity index (χ3v) is 6.94. The minimum Gasteiger partial charge on any atom is -0.337 e. The second kappa shape index (κ2) is 7.70. The number of thiophene rings is 1. The summed E-state index contributed by atoms with van der Waals surface area (Å²) in [5.41, 5.74) is 3.65. The molecular weight excluding hydrogens is 408 g/mol. The van der Waals surface area contributed by atoms with Gasteiger partial charge >= 0.3 is 0 Å². The van der Waals surface area contributed by atoms with Gasteiger partial charge in [-0.1, -0.05) is 5.16 Å². The summed E-state index contributed by atoms with van der Waals surface area (Å²) < 4.78 is 5.47. The molecule has 0 spiro atoms. The minimum atomic E-state index is 0. The molecule has 6 nitrogen and oxygen atoms in total. The summed E-state index contributed by atoms with van der Waals surface area (Å²) in [6.45, 7) is 7.59. The van der Waals surface area contributed by atoms with Crippen molar-refractivity contribution in [1.82, 2.24) is 20.4 Å². The van der Waals surface area contributed by atoms with Gasteiger partial charge in [-0.25, -0.2) is 4.98 Å². The van der Waals surface area contributed by atoms with E-state index in [9.17, 15) is 4.79 Å². The number of hydrogen-bond acceptors (Lipinski definition) is 6. The van der Waals surface area contributed by atoms with Gasteiger partial charge in [0.15, 0.2) is 0 Å². The van der Waals surface area contributed by atoms with E-state index in [2.05, 4.69) is 35.4 Å². The molecule has 3 aromatic rings. The van der Waals surface area contributed by atoms with Gasteiger partial charge in [0, 0.05) is 40.5 Å². The third-order valence-electron chi connectivity index (χ3n) is 5.97. The highest BCUT2D eigenvalue weighted by Crippen LogP contribution is 2.33. The topological polar surface area (TPSA) is 71.3 Å². The van der Waals surface area contributed by atoms with Gasteiger partial charge in [0.1, 0.15) is 0 Å². The van der Waals surface area contributed by atoms with E-state index in [0.29, 0.717) is 29.1 Å². The largest absolute Gasteiger partial charge is 0.337 e. The van der Waals surface area contributed by atoms with Crippen LogP contribution in [-0.4, -0.2) is 46.1 Å². The first-order chi connectivity index (χ1) is 13.5. The van der Waals surface area contributed by atoms with Gasteiger partial charge in [-0.3, -0.25) is 4.79 Å². The van der Waals surface area contributed by atoms with Crippen LogP contribution < -0.4 is 5.32 Å². The van der Waals surface area contributed by atoms with E-state index in [0.717, 1.165) is 42.6 Å². The summed E-state index contributed by atoms with van der Waals surface area (Å²) in [4.78, 5) is 22.7. The Kier molecular flexibility index (Phi) is 5.40. The highest BCUT2D eigenvalue weighted by Gasteiger charge is 2.32. The highest BCUT2D eigenvalue weighted by molar-refractivity contribution is 7.12. The third kappa shape index (κ3) is 3.56. The fourth-order valence-corrected chi connectivity index (χ4v) is 5.52. The number of rotatable bonds is 2. The number of nitrogens with one attached hydrogen (secondary N) is 1. The van der Waals surface area contributed by atoms with Gasteiger partial charge in [-0.15, -0.1) is 23.7 Å². The number of aryl methyl sites for hydroxylation is 3. The zero-order valence-corrected chi connectivity index (χ0v) is 18.5. The Morgan fingerprint density at radius 3 is 2.76 bits per heavy atom. The van der Waals surface area contributed by atoms with Gasteiger partial charge in [-0.05, 0) is 52.2 Å². The van der Waals surface area contributed by atoms with Crippen LogP contribution in [-0.2, 0) is 0 Å². The zero-order valence-electron chi connectivity index (χ0n) is 16.8. The first kappa shape index (κ1) is 20.3. The molecule has 2 bridgehead atoms.